The van der Waals surface area contributed by atoms with Crippen LogP contribution in [0.25, 0.3) is 0 Å². The summed E-state index contributed by atoms with van der Waals surface area (Å²) in [6.45, 7) is 2.63. The summed E-state index contributed by atoms with van der Waals surface area (Å²) in [6.07, 6.45) is -3.82. The molecule has 1 saturated heterocycles. The number of ether oxygens (including phenoxy) is 2. The number of hydrogen-bond acceptors (Lipinski definition) is 2. The Bertz CT molecular complexity index is 99.9. The molecular formula is C6H10F2O2. The van der Waals surface area contributed by atoms with Crippen molar-refractivity contribution in [1.82, 2.24) is 0 Å². The summed E-state index contributed by atoms with van der Waals surface area (Å²) in [6, 6.07) is 0. The van der Waals surface area contributed by atoms with Crippen molar-refractivity contribution in [1.29, 1.82) is 0 Å². The zero-order valence-corrected chi connectivity index (χ0v) is 5.72. The van der Waals surface area contributed by atoms with Crippen molar-refractivity contribution in [2.24, 2.45) is 5.92 Å². The van der Waals surface area contributed by atoms with Crippen LogP contribution >= 0.6 is 0 Å². The van der Waals surface area contributed by atoms with Crippen LogP contribution in [-0.2, 0) is 9.47 Å². The summed E-state index contributed by atoms with van der Waals surface area (Å²) in [5.41, 5.74) is 0. The van der Waals surface area contributed by atoms with Crippen LogP contribution in [0.15, 0.2) is 0 Å². The maximum atomic E-state index is 11.8. The molecule has 1 aliphatic rings. The van der Waals surface area contributed by atoms with Crippen LogP contribution in [0.1, 0.15) is 6.92 Å². The van der Waals surface area contributed by atoms with Gasteiger partial charge in [0.05, 0.1) is 13.2 Å². The highest BCUT2D eigenvalue weighted by atomic mass is 19.3. The maximum absolute atomic E-state index is 11.8. The third-order valence-corrected chi connectivity index (χ3v) is 1.30. The molecule has 0 spiro atoms. The molecule has 10 heavy (non-hydrogen) atoms. The highest BCUT2D eigenvalue weighted by molar-refractivity contribution is 4.58. The SMILES string of the molecule is CC1COC(C(F)F)OC1. The molecule has 0 saturated carbocycles. The van der Waals surface area contributed by atoms with Gasteiger partial charge in [0.25, 0.3) is 6.43 Å². The lowest BCUT2D eigenvalue weighted by Gasteiger charge is -2.26. The third kappa shape index (κ3) is 1.88. The van der Waals surface area contributed by atoms with Gasteiger partial charge < -0.3 is 9.47 Å². The van der Waals surface area contributed by atoms with E-state index in [0.29, 0.717) is 13.2 Å². The Morgan fingerprint density at radius 3 is 2.20 bits per heavy atom. The molecule has 1 fully saturated rings. The summed E-state index contributed by atoms with van der Waals surface area (Å²) >= 11 is 0. The average molecular weight is 152 g/mol. The van der Waals surface area contributed by atoms with E-state index in [4.69, 9.17) is 0 Å². The van der Waals surface area contributed by atoms with Crippen molar-refractivity contribution < 1.29 is 18.3 Å². The van der Waals surface area contributed by atoms with Crippen LogP contribution in [0.5, 0.6) is 0 Å². The third-order valence-electron chi connectivity index (χ3n) is 1.30. The molecule has 1 heterocycles. The molecule has 0 bridgehead atoms. The van der Waals surface area contributed by atoms with E-state index >= 15 is 0 Å². The first-order valence-corrected chi connectivity index (χ1v) is 3.21. The van der Waals surface area contributed by atoms with E-state index in [1.807, 2.05) is 6.92 Å². The Kier molecular flexibility index (Phi) is 2.56. The fourth-order valence-corrected chi connectivity index (χ4v) is 0.760. The highest BCUT2D eigenvalue weighted by Gasteiger charge is 2.26. The minimum atomic E-state index is -2.52. The van der Waals surface area contributed by atoms with E-state index in [-0.39, 0.29) is 5.92 Å². The molecule has 1 rings (SSSR count). The van der Waals surface area contributed by atoms with Crippen molar-refractivity contribution in [2.45, 2.75) is 19.6 Å². The molecule has 0 radical (unpaired) electrons. The quantitative estimate of drug-likeness (QED) is 0.563. The molecule has 0 aliphatic carbocycles. The van der Waals surface area contributed by atoms with E-state index in [9.17, 15) is 8.78 Å². The van der Waals surface area contributed by atoms with Crippen molar-refractivity contribution in [2.75, 3.05) is 13.2 Å². The Hall–Kier alpha value is -0.220. The fraction of sp³-hybridized carbons (Fsp3) is 1.00. The molecule has 4 heteroatoms. The second-order valence-electron chi connectivity index (χ2n) is 2.47. The summed E-state index contributed by atoms with van der Waals surface area (Å²) in [5, 5.41) is 0. The molecule has 2 nitrogen and oxygen atoms in total. The monoisotopic (exact) mass is 152 g/mol. The molecule has 60 valence electrons. The van der Waals surface area contributed by atoms with Gasteiger partial charge in [-0.2, -0.15) is 0 Å². The van der Waals surface area contributed by atoms with Gasteiger partial charge in [-0.1, -0.05) is 6.92 Å². The lowest BCUT2D eigenvalue weighted by atomic mass is 10.2. The first-order chi connectivity index (χ1) is 4.70. The average Bonchev–Trinajstić information content (AvgIpc) is 1.88. The predicted molar refractivity (Wildman–Crippen MR) is 30.9 cm³/mol. The maximum Gasteiger partial charge on any atom is 0.288 e. The summed E-state index contributed by atoms with van der Waals surface area (Å²) in [5.74, 6) is 0.231. The van der Waals surface area contributed by atoms with Crippen LogP contribution in [0.3, 0.4) is 0 Å². The minimum Gasteiger partial charge on any atom is -0.347 e. The highest BCUT2D eigenvalue weighted by Crippen LogP contribution is 2.15. The van der Waals surface area contributed by atoms with Crippen LogP contribution in [0.2, 0.25) is 0 Å². The summed E-state index contributed by atoms with van der Waals surface area (Å²) < 4.78 is 33.0. The second kappa shape index (κ2) is 3.25. The van der Waals surface area contributed by atoms with E-state index in [1.54, 1.807) is 0 Å². The minimum absolute atomic E-state index is 0.231. The molecule has 0 atom stereocenters. The molecule has 0 amide bonds. The first-order valence-electron chi connectivity index (χ1n) is 3.21. The van der Waals surface area contributed by atoms with Crippen LogP contribution in [0.4, 0.5) is 8.78 Å². The lowest BCUT2D eigenvalue weighted by Crippen LogP contribution is -2.35. The number of halogens is 2. The predicted octanol–water partition coefficient (Wildman–Crippen LogP) is 1.26. The number of hydrogen-bond donors (Lipinski definition) is 0. The van der Waals surface area contributed by atoms with E-state index in [2.05, 4.69) is 9.47 Å². The van der Waals surface area contributed by atoms with Gasteiger partial charge in [-0.25, -0.2) is 8.78 Å². The number of alkyl halides is 2. The van der Waals surface area contributed by atoms with Crippen molar-refractivity contribution >= 4 is 0 Å². The van der Waals surface area contributed by atoms with Gasteiger partial charge in [-0.3, -0.25) is 0 Å². The summed E-state index contributed by atoms with van der Waals surface area (Å²) in [4.78, 5) is 0. The molecule has 0 N–H and O–H groups in total. The molecular weight excluding hydrogens is 142 g/mol. The standard InChI is InChI=1S/C6H10F2O2/c1-4-2-9-6(5(7)8)10-3-4/h4-6H,2-3H2,1H3. The molecule has 1 aliphatic heterocycles. The summed E-state index contributed by atoms with van der Waals surface area (Å²) in [7, 11) is 0. The van der Waals surface area contributed by atoms with Crippen molar-refractivity contribution in [3.05, 3.63) is 0 Å². The molecule has 0 unspecified atom stereocenters. The Balaban J connectivity index is 2.26. The van der Waals surface area contributed by atoms with Crippen LogP contribution < -0.4 is 0 Å². The van der Waals surface area contributed by atoms with Crippen molar-refractivity contribution in [3.8, 4) is 0 Å². The second-order valence-corrected chi connectivity index (χ2v) is 2.47. The number of rotatable bonds is 1. The van der Waals surface area contributed by atoms with E-state index in [0.717, 1.165) is 0 Å². The Morgan fingerprint density at radius 1 is 1.30 bits per heavy atom. The zero-order valence-electron chi connectivity index (χ0n) is 5.72. The normalized spacial score (nSPS) is 34.8. The molecule has 0 aromatic heterocycles. The Morgan fingerprint density at radius 2 is 1.80 bits per heavy atom. The van der Waals surface area contributed by atoms with Gasteiger partial charge in [0.15, 0.2) is 0 Å². The smallest absolute Gasteiger partial charge is 0.288 e. The largest absolute Gasteiger partial charge is 0.347 e. The van der Waals surface area contributed by atoms with Gasteiger partial charge in [0.2, 0.25) is 6.29 Å². The van der Waals surface area contributed by atoms with Crippen LogP contribution in [0, 0.1) is 5.92 Å². The van der Waals surface area contributed by atoms with E-state index < -0.39 is 12.7 Å². The topological polar surface area (TPSA) is 18.5 Å². The van der Waals surface area contributed by atoms with Gasteiger partial charge >= 0.3 is 0 Å². The Labute approximate surface area is 58.1 Å². The van der Waals surface area contributed by atoms with Gasteiger partial charge in [-0.15, -0.1) is 0 Å². The zero-order chi connectivity index (χ0) is 7.56. The van der Waals surface area contributed by atoms with Gasteiger partial charge in [-0.05, 0) is 0 Å². The van der Waals surface area contributed by atoms with Crippen molar-refractivity contribution in [3.63, 3.8) is 0 Å². The van der Waals surface area contributed by atoms with Gasteiger partial charge in [0, 0.05) is 5.92 Å². The first kappa shape index (κ1) is 7.88. The molecule has 0 aromatic carbocycles. The fourth-order valence-electron chi connectivity index (χ4n) is 0.760. The lowest BCUT2D eigenvalue weighted by molar-refractivity contribution is -0.246. The molecule has 0 aromatic rings. The van der Waals surface area contributed by atoms with Gasteiger partial charge in [0.1, 0.15) is 0 Å². The van der Waals surface area contributed by atoms with Crippen LogP contribution in [-0.4, -0.2) is 25.9 Å². The van der Waals surface area contributed by atoms with E-state index in [1.165, 1.54) is 0 Å².